The van der Waals surface area contributed by atoms with Crippen LogP contribution in [0.3, 0.4) is 0 Å². The predicted octanol–water partition coefficient (Wildman–Crippen LogP) is 10.00. The molecule has 11 rings (SSSR count). The molecule has 0 fully saturated rings. The standard InChI is InChI=1S/C50H34N2OSSi/c1-3-16-37(17-4-1)55(38-18-5-2-6-19-38,40-21-12-15-36(31-40)41-23-13-24-43-42-22-7-10-27-48(42)54-50(41)43)39-20-11-14-34(30-39)35-28-29-46-47(32-35)53-33-49-51-44-25-8-9-26-45(44)52(46)49/h1-32H,33H2. The molecule has 3 heterocycles. The molecule has 8 aromatic carbocycles. The molecular weight excluding hydrogens is 705 g/mol. The van der Waals surface area contributed by atoms with Gasteiger partial charge in [0.25, 0.3) is 0 Å². The SMILES string of the molecule is c1ccc([Si](c2ccccc2)(c2cccc(-c3ccc4c(c3)OCc3nc5ccccc5n3-4)c2)c2cccc(-c3cccc4c3sc3ccccc34)c2)cc1. The Bertz CT molecular complexity index is 3020. The Hall–Kier alpha value is -6.53. The van der Waals surface area contributed by atoms with Crippen LogP contribution in [-0.4, -0.2) is 17.6 Å². The molecule has 0 saturated carbocycles. The maximum atomic E-state index is 6.38. The van der Waals surface area contributed by atoms with Crippen molar-refractivity contribution in [2.75, 3.05) is 0 Å². The fourth-order valence-electron chi connectivity index (χ4n) is 8.78. The lowest BCUT2D eigenvalue weighted by Gasteiger charge is -2.35. The van der Waals surface area contributed by atoms with Crippen molar-refractivity contribution in [3.8, 4) is 33.7 Å². The van der Waals surface area contributed by atoms with E-state index in [0.29, 0.717) is 6.61 Å². The Balaban J connectivity index is 1.11. The van der Waals surface area contributed by atoms with E-state index in [4.69, 9.17) is 9.72 Å². The number of rotatable bonds is 6. The zero-order valence-corrected chi connectivity index (χ0v) is 31.7. The van der Waals surface area contributed by atoms with Crippen LogP contribution in [0.5, 0.6) is 5.75 Å². The summed E-state index contributed by atoms with van der Waals surface area (Å²) in [6, 6.07) is 71.5. The third-order valence-electron chi connectivity index (χ3n) is 11.2. The molecule has 0 N–H and O–H groups in total. The van der Waals surface area contributed by atoms with Gasteiger partial charge in [-0.25, -0.2) is 4.98 Å². The van der Waals surface area contributed by atoms with Crippen LogP contribution in [0, 0.1) is 0 Å². The number of nitrogens with zero attached hydrogens (tertiary/aromatic N) is 2. The lowest BCUT2D eigenvalue weighted by Crippen LogP contribution is -2.74. The fraction of sp³-hybridized carbons (Fsp3) is 0.0200. The minimum atomic E-state index is -2.87. The van der Waals surface area contributed by atoms with Crippen LogP contribution in [0.15, 0.2) is 194 Å². The molecule has 0 atom stereocenters. The number of imidazole rings is 1. The van der Waals surface area contributed by atoms with Crippen molar-refractivity contribution in [1.82, 2.24) is 9.55 Å². The predicted molar refractivity (Wildman–Crippen MR) is 233 cm³/mol. The number of aromatic nitrogens is 2. The molecule has 1 aliphatic rings. The molecule has 2 aromatic heterocycles. The Morgan fingerprint density at radius 2 is 1.13 bits per heavy atom. The average Bonchev–Trinajstić information content (AvgIpc) is 3.84. The van der Waals surface area contributed by atoms with Crippen molar-refractivity contribution in [3.63, 3.8) is 0 Å². The number of para-hydroxylation sites is 2. The number of benzene rings is 8. The summed E-state index contributed by atoms with van der Waals surface area (Å²) in [5.41, 5.74) is 7.93. The van der Waals surface area contributed by atoms with E-state index in [0.717, 1.165) is 33.9 Å². The van der Waals surface area contributed by atoms with Gasteiger partial charge in [0.2, 0.25) is 0 Å². The van der Waals surface area contributed by atoms with Gasteiger partial charge in [-0.2, -0.15) is 0 Å². The van der Waals surface area contributed by atoms with Crippen LogP contribution in [0.25, 0.3) is 59.1 Å². The van der Waals surface area contributed by atoms with E-state index in [9.17, 15) is 0 Å². The molecule has 0 bridgehead atoms. The molecule has 10 aromatic rings. The third-order valence-corrected chi connectivity index (χ3v) is 17.2. The second-order valence-electron chi connectivity index (χ2n) is 14.2. The highest BCUT2D eigenvalue weighted by Gasteiger charge is 2.41. The highest BCUT2D eigenvalue weighted by molar-refractivity contribution is 7.26. The van der Waals surface area contributed by atoms with E-state index < -0.39 is 8.07 Å². The van der Waals surface area contributed by atoms with E-state index in [1.54, 1.807) is 0 Å². The largest absolute Gasteiger partial charge is 0.483 e. The van der Waals surface area contributed by atoms with Crippen LogP contribution in [0.1, 0.15) is 5.82 Å². The molecule has 260 valence electrons. The van der Waals surface area contributed by atoms with Crippen molar-refractivity contribution in [2.45, 2.75) is 6.61 Å². The average molecular weight is 739 g/mol. The molecule has 0 amide bonds. The third kappa shape index (κ3) is 5.04. The molecule has 1 aliphatic heterocycles. The maximum Gasteiger partial charge on any atom is 0.179 e. The molecule has 3 nitrogen and oxygen atoms in total. The number of ether oxygens (including phenoxy) is 1. The number of thiophene rings is 1. The van der Waals surface area contributed by atoms with Gasteiger partial charge >= 0.3 is 0 Å². The van der Waals surface area contributed by atoms with Gasteiger partial charge in [-0.3, -0.25) is 4.57 Å². The summed E-state index contributed by atoms with van der Waals surface area (Å²) in [6.45, 7) is 0.439. The molecule has 0 unspecified atom stereocenters. The highest BCUT2D eigenvalue weighted by Crippen LogP contribution is 2.40. The monoisotopic (exact) mass is 738 g/mol. The molecule has 0 saturated heterocycles. The Labute approximate surface area is 324 Å². The van der Waals surface area contributed by atoms with E-state index in [-0.39, 0.29) is 0 Å². The number of hydrogen-bond donors (Lipinski definition) is 0. The van der Waals surface area contributed by atoms with Crippen molar-refractivity contribution in [1.29, 1.82) is 0 Å². The minimum Gasteiger partial charge on any atom is -0.483 e. The normalized spacial score (nSPS) is 12.4. The van der Waals surface area contributed by atoms with Gasteiger partial charge in [-0.05, 0) is 73.3 Å². The summed E-state index contributed by atoms with van der Waals surface area (Å²) in [5.74, 6) is 1.80. The lowest BCUT2D eigenvalue weighted by atomic mass is 10.0. The zero-order chi connectivity index (χ0) is 36.3. The minimum absolute atomic E-state index is 0.439. The van der Waals surface area contributed by atoms with Crippen molar-refractivity contribution < 1.29 is 4.74 Å². The van der Waals surface area contributed by atoms with E-state index in [1.807, 2.05) is 17.4 Å². The molecule has 0 spiro atoms. The van der Waals surface area contributed by atoms with Crippen LogP contribution < -0.4 is 25.5 Å². The topological polar surface area (TPSA) is 27.1 Å². The summed E-state index contributed by atoms with van der Waals surface area (Å²) in [7, 11) is -2.87. The highest BCUT2D eigenvalue weighted by atomic mass is 32.1. The van der Waals surface area contributed by atoms with E-state index in [2.05, 4.69) is 193 Å². The van der Waals surface area contributed by atoms with Crippen LogP contribution >= 0.6 is 11.3 Å². The van der Waals surface area contributed by atoms with Crippen molar-refractivity contribution >= 4 is 71.4 Å². The quantitative estimate of drug-likeness (QED) is 0.126. The second-order valence-corrected chi connectivity index (χ2v) is 19.1. The first-order valence-corrected chi connectivity index (χ1v) is 21.5. The van der Waals surface area contributed by atoms with Crippen LogP contribution in [0.2, 0.25) is 0 Å². The van der Waals surface area contributed by atoms with Crippen LogP contribution in [-0.2, 0) is 6.61 Å². The van der Waals surface area contributed by atoms with Crippen LogP contribution in [0.4, 0.5) is 0 Å². The Morgan fingerprint density at radius 1 is 0.509 bits per heavy atom. The summed E-state index contributed by atoms with van der Waals surface area (Å²) in [4.78, 5) is 4.85. The molecule has 0 aliphatic carbocycles. The smallest absolute Gasteiger partial charge is 0.179 e. The lowest BCUT2D eigenvalue weighted by molar-refractivity contribution is 0.281. The summed E-state index contributed by atoms with van der Waals surface area (Å²) < 4.78 is 11.3. The summed E-state index contributed by atoms with van der Waals surface area (Å²) >= 11 is 1.89. The molecule has 55 heavy (non-hydrogen) atoms. The van der Waals surface area contributed by atoms with Gasteiger partial charge in [0.05, 0.1) is 16.7 Å². The first-order chi connectivity index (χ1) is 27.3. The second kappa shape index (κ2) is 12.8. The van der Waals surface area contributed by atoms with E-state index in [1.165, 1.54) is 57.6 Å². The molecule has 5 heteroatoms. The van der Waals surface area contributed by atoms with Gasteiger partial charge in [0, 0.05) is 20.2 Å². The van der Waals surface area contributed by atoms with Gasteiger partial charge in [0.15, 0.2) is 13.9 Å². The summed E-state index contributed by atoms with van der Waals surface area (Å²) in [5, 5.41) is 8.03. The first kappa shape index (κ1) is 31.9. The van der Waals surface area contributed by atoms with Gasteiger partial charge in [-0.1, -0.05) is 164 Å². The maximum absolute atomic E-state index is 6.38. The molecule has 0 radical (unpaired) electrons. The Kier molecular flexibility index (Phi) is 7.44. The fourth-order valence-corrected chi connectivity index (χ4v) is 14.8. The Morgan fingerprint density at radius 3 is 1.93 bits per heavy atom. The number of hydrogen-bond acceptors (Lipinski definition) is 3. The first-order valence-electron chi connectivity index (χ1n) is 18.7. The van der Waals surface area contributed by atoms with Gasteiger partial charge < -0.3 is 4.74 Å². The van der Waals surface area contributed by atoms with Crippen molar-refractivity contribution in [2.24, 2.45) is 0 Å². The van der Waals surface area contributed by atoms with Gasteiger partial charge in [0.1, 0.15) is 12.4 Å². The number of fused-ring (bicyclic) bond motifs is 8. The van der Waals surface area contributed by atoms with E-state index >= 15 is 0 Å². The molecular formula is C50H34N2OSSi. The van der Waals surface area contributed by atoms with Gasteiger partial charge in [-0.15, -0.1) is 11.3 Å². The van der Waals surface area contributed by atoms with Crippen molar-refractivity contribution in [3.05, 3.63) is 200 Å². The summed E-state index contributed by atoms with van der Waals surface area (Å²) in [6.07, 6.45) is 0. The zero-order valence-electron chi connectivity index (χ0n) is 29.9.